The fourth-order valence-electron chi connectivity index (χ4n) is 3.80. The number of benzene rings is 2. The maximum atomic E-state index is 12.3. The minimum atomic E-state index is -1.04. The highest BCUT2D eigenvalue weighted by Crippen LogP contribution is 2.35. The Morgan fingerprint density at radius 1 is 1.13 bits per heavy atom. The number of aromatic amines is 1. The van der Waals surface area contributed by atoms with Crippen molar-refractivity contribution < 1.29 is 24.2 Å². The van der Waals surface area contributed by atoms with Crippen molar-refractivity contribution in [3.05, 3.63) is 70.3 Å². The molecule has 0 aromatic heterocycles. The van der Waals surface area contributed by atoms with E-state index in [2.05, 4.69) is 10.2 Å². The maximum Gasteiger partial charge on any atom is 0.341 e. The van der Waals surface area contributed by atoms with E-state index >= 15 is 0 Å². The summed E-state index contributed by atoms with van der Waals surface area (Å²) in [6.07, 6.45) is 2.68. The summed E-state index contributed by atoms with van der Waals surface area (Å²) in [5, 5.41) is 17.5. The van der Waals surface area contributed by atoms with Crippen LogP contribution in [0.15, 0.2) is 53.6 Å². The van der Waals surface area contributed by atoms with Crippen LogP contribution in [0, 0.1) is 0 Å². The number of aliphatic carboxylic acids is 1. The molecule has 0 amide bonds. The van der Waals surface area contributed by atoms with Gasteiger partial charge in [-0.1, -0.05) is 30.3 Å². The molecule has 1 atom stereocenters. The Morgan fingerprint density at radius 2 is 1.87 bits per heavy atom. The number of H-pyrrole nitrogens is 1. The first-order valence-corrected chi connectivity index (χ1v) is 9.40. The molecule has 0 aliphatic carbocycles. The molecule has 2 aromatic carbocycles. The zero-order valence-corrected chi connectivity index (χ0v) is 16.8. The van der Waals surface area contributed by atoms with E-state index in [0.717, 1.165) is 10.8 Å². The largest absolute Gasteiger partial charge is 0.496 e. The fraction of sp³-hybridized carbons (Fsp3) is 0.182. The Kier molecular flexibility index (Phi) is 5.16. The standard InChI is InChI=1S/C22H19N3O6/c1-30-18-8-7-13(12-5-3-4-6-14(12)18)17(9-19(26)27)25-10-15-20(23-24-21(15)28)16(11-25)22(29)31-2/h3-8,10-11,17H,9H2,1-2H3,(H,24,28)(H,26,27). The zero-order valence-electron chi connectivity index (χ0n) is 16.8. The average molecular weight is 421 g/mol. The third kappa shape index (κ3) is 3.50. The molecule has 31 heavy (non-hydrogen) atoms. The number of carbonyl (C=O) groups excluding carboxylic acids is 1. The number of ether oxygens (including phenoxy) is 2. The van der Waals surface area contributed by atoms with E-state index in [1.807, 2.05) is 24.3 Å². The van der Waals surface area contributed by atoms with Crippen LogP contribution in [-0.2, 0) is 9.53 Å². The summed E-state index contributed by atoms with van der Waals surface area (Å²) in [5.74, 6) is -1.06. The van der Waals surface area contributed by atoms with Gasteiger partial charge in [0.25, 0.3) is 5.56 Å². The molecule has 2 N–H and O–H groups in total. The molecule has 158 valence electrons. The number of esters is 1. The number of hydrogen-bond acceptors (Lipinski definition) is 6. The summed E-state index contributed by atoms with van der Waals surface area (Å²) in [6, 6.07) is 10.3. The van der Waals surface area contributed by atoms with Crippen LogP contribution in [0.2, 0.25) is 0 Å². The topological polar surface area (TPSA) is 124 Å². The Morgan fingerprint density at radius 3 is 2.55 bits per heavy atom. The number of methoxy groups -OCH3 is 2. The molecule has 0 bridgehead atoms. The lowest BCUT2D eigenvalue weighted by molar-refractivity contribution is -0.137. The Labute approximate surface area is 176 Å². The highest BCUT2D eigenvalue weighted by molar-refractivity contribution is 5.96. The summed E-state index contributed by atoms with van der Waals surface area (Å²) < 4.78 is 11.8. The predicted molar refractivity (Wildman–Crippen MR) is 112 cm³/mol. The average Bonchev–Trinajstić information content (AvgIpc) is 3.16. The molecule has 0 radical (unpaired) electrons. The molecule has 0 saturated carbocycles. The second-order valence-corrected chi connectivity index (χ2v) is 6.94. The van der Waals surface area contributed by atoms with E-state index in [0.29, 0.717) is 11.3 Å². The molecule has 4 rings (SSSR count). The van der Waals surface area contributed by atoms with Gasteiger partial charge >= 0.3 is 11.9 Å². The number of nitrogens with zero attached hydrogens (tertiary/aromatic N) is 2. The summed E-state index contributed by atoms with van der Waals surface area (Å²) in [7, 11) is 2.79. The van der Waals surface area contributed by atoms with Gasteiger partial charge in [0.1, 0.15) is 17.0 Å². The number of carbonyl (C=O) groups is 2. The fourth-order valence-corrected chi connectivity index (χ4v) is 3.80. The molecule has 2 aliphatic rings. The lowest BCUT2D eigenvalue weighted by Gasteiger charge is -2.23. The number of rotatable bonds is 6. The summed E-state index contributed by atoms with van der Waals surface area (Å²) in [6.45, 7) is 0. The van der Waals surface area contributed by atoms with Gasteiger partial charge in [-0.15, -0.1) is 0 Å². The van der Waals surface area contributed by atoms with Gasteiger partial charge in [0.2, 0.25) is 0 Å². The lowest BCUT2D eigenvalue weighted by Crippen LogP contribution is -2.19. The number of hydrogen-bond donors (Lipinski definition) is 2. The van der Waals surface area contributed by atoms with Crippen LogP contribution in [0.3, 0.4) is 0 Å². The third-order valence-corrected chi connectivity index (χ3v) is 5.21. The zero-order chi connectivity index (χ0) is 22.1. The molecule has 1 unspecified atom stereocenters. The van der Waals surface area contributed by atoms with Gasteiger partial charge in [-0.2, -0.15) is 5.10 Å². The van der Waals surface area contributed by atoms with Crippen LogP contribution < -0.4 is 10.3 Å². The van der Waals surface area contributed by atoms with Gasteiger partial charge in [0.15, 0.2) is 0 Å². The quantitative estimate of drug-likeness (QED) is 0.459. The van der Waals surface area contributed by atoms with E-state index in [4.69, 9.17) is 9.47 Å². The van der Waals surface area contributed by atoms with Gasteiger partial charge in [0.05, 0.1) is 32.2 Å². The van der Waals surface area contributed by atoms with Crippen LogP contribution in [0.1, 0.15) is 28.4 Å². The van der Waals surface area contributed by atoms with Crippen molar-refractivity contribution in [2.24, 2.45) is 0 Å². The van der Waals surface area contributed by atoms with Gasteiger partial charge in [-0.3, -0.25) is 9.59 Å². The maximum absolute atomic E-state index is 12.3. The monoisotopic (exact) mass is 421 g/mol. The lowest BCUT2D eigenvalue weighted by atomic mass is 9.95. The molecular formula is C22H19N3O6. The highest BCUT2D eigenvalue weighted by Gasteiger charge is 2.26. The summed E-state index contributed by atoms with van der Waals surface area (Å²) >= 11 is 0. The minimum Gasteiger partial charge on any atom is -0.496 e. The molecule has 2 heterocycles. The number of carboxylic acid groups (broad SMARTS) is 1. The van der Waals surface area contributed by atoms with Crippen molar-refractivity contribution in [1.29, 1.82) is 0 Å². The second-order valence-electron chi connectivity index (χ2n) is 6.94. The van der Waals surface area contributed by atoms with Crippen molar-refractivity contribution in [3.63, 3.8) is 0 Å². The Hall–Kier alpha value is -4.14. The van der Waals surface area contributed by atoms with Crippen LogP contribution in [0.5, 0.6) is 5.75 Å². The molecule has 9 heteroatoms. The minimum absolute atomic E-state index is 0.0616. The predicted octanol–water partition coefficient (Wildman–Crippen LogP) is 2.69. The van der Waals surface area contributed by atoms with Crippen LogP contribution in [-0.4, -0.2) is 46.0 Å². The van der Waals surface area contributed by atoms with Crippen LogP contribution in [0.25, 0.3) is 22.0 Å². The number of nitrogens with one attached hydrogen (secondary N) is 1. The van der Waals surface area contributed by atoms with Crippen molar-refractivity contribution in [1.82, 2.24) is 14.8 Å². The van der Waals surface area contributed by atoms with Gasteiger partial charge in [-0.25, -0.2) is 9.89 Å². The first-order valence-electron chi connectivity index (χ1n) is 9.40. The summed E-state index contributed by atoms with van der Waals surface area (Å²) in [5.41, 5.74) is 0.613. The SMILES string of the molecule is COC(=O)c1cn(C(CC(=O)O)c2ccc(OC)c3ccccc23)cc2c(=O)[nH]nc1-2. The molecule has 0 saturated heterocycles. The molecule has 0 fully saturated rings. The Balaban J connectivity index is 2.00. The number of pyridine rings is 1. The Bertz CT molecular complexity index is 1320. The smallest absolute Gasteiger partial charge is 0.341 e. The van der Waals surface area contributed by atoms with Crippen LogP contribution >= 0.6 is 0 Å². The molecule has 2 aliphatic heterocycles. The second kappa shape index (κ2) is 7.94. The highest BCUT2D eigenvalue weighted by atomic mass is 16.5. The van der Waals surface area contributed by atoms with E-state index in [1.165, 1.54) is 19.5 Å². The van der Waals surface area contributed by atoms with Crippen molar-refractivity contribution >= 4 is 22.7 Å². The van der Waals surface area contributed by atoms with E-state index in [-0.39, 0.29) is 23.2 Å². The molecule has 0 spiro atoms. The molecule has 2 aromatic rings. The van der Waals surface area contributed by atoms with Gasteiger partial charge in [0, 0.05) is 17.8 Å². The first-order chi connectivity index (χ1) is 14.9. The van der Waals surface area contributed by atoms with E-state index < -0.39 is 23.5 Å². The molecule has 9 nitrogen and oxygen atoms in total. The van der Waals surface area contributed by atoms with Gasteiger partial charge < -0.3 is 19.1 Å². The van der Waals surface area contributed by atoms with Crippen LogP contribution in [0.4, 0.5) is 0 Å². The van der Waals surface area contributed by atoms with E-state index in [9.17, 15) is 19.5 Å². The number of fused-ring (bicyclic) bond motifs is 2. The van der Waals surface area contributed by atoms with Crippen molar-refractivity contribution in [2.45, 2.75) is 12.5 Å². The number of aromatic nitrogens is 3. The summed E-state index contributed by atoms with van der Waals surface area (Å²) in [4.78, 5) is 36.4. The molecular weight excluding hydrogens is 402 g/mol. The van der Waals surface area contributed by atoms with Crippen molar-refractivity contribution in [3.8, 4) is 17.0 Å². The normalized spacial score (nSPS) is 12.1. The first kappa shape index (κ1) is 20.1. The third-order valence-electron chi connectivity index (χ3n) is 5.21. The van der Waals surface area contributed by atoms with Gasteiger partial charge in [-0.05, 0) is 17.0 Å². The number of carboxylic acids is 1. The van der Waals surface area contributed by atoms with Crippen molar-refractivity contribution in [2.75, 3.05) is 14.2 Å². The van der Waals surface area contributed by atoms with E-state index in [1.54, 1.807) is 23.8 Å².